The summed E-state index contributed by atoms with van der Waals surface area (Å²) >= 11 is 1.20. The van der Waals surface area contributed by atoms with Crippen LogP contribution in [0.25, 0.3) is 32.7 Å². The molecule has 5 aromatic carbocycles. The van der Waals surface area contributed by atoms with Gasteiger partial charge < -0.3 is 35.5 Å². The Balaban J connectivity index is 1.51. The van der Waals surface area contributed by atoms with Crippen LogP contribution in [-0.2, 0) is 39.7 Å². The lowest BCUT2D eigenvalue weighted by Crippen LogP contribution is -2.46. The number of nitrogens with two attached hydrogens (primary N) is 1. The summed E-state index contributed by atoms with van der Waals surface area (Å²) < 4.78 is 81.4. The minimum Gasteiger partial charge on any atom is -0.497 e. The highest BCUT2D eigenvalue weighted by Gasteiger charge is 2.39. The van der Waals surface area contributed by atoms with Gasteiger partial charge in [-0.2, -0.15) is 9.10 Å². The first-order valence-corrected chi connectivity index (χ1v) is 23.1. The maximum absolute atomic E-state index is 15.9. The molecule has 64 heavy (non-hydrogen) atoms. The Labute approximate surface area is 372 Å². The smallest absolute Gasteiger partial charge is 0.404 e. The van der Waals surface area contributed by atoms with Crippen LogP contribution in [-0.4, -0.2) is 103 Å². The Bertz CT molecular complexity index is 2930. The first-order chi connectivity index (χ1) is 30.7. The van der Waals surface area contributed by atoms with Crippen LogP contribution >= 0.6 is 11.3 Å². The number of carbonyl (C=O) groups is 1. The number of hydrogen-bond acceptors (Lipinski definition) is 15. The monoisotopic (exact) mass is 929 g/mol. The Morgan fingerprint density at radius 3 is 1.94 bits per heavy atom. The number of fused-ring (bicyclic) bond motifs is 1. The Hall–Kier alpha value is -6.69. The van der Waals surface area contributed by atoms with Crippen LogP contribution in [0.5, 0.6) is 17.2 Å². The van der Waals surface area contributed by atoms with E-state index in [4.69, 9.17) is 19.9 Å². The minimum atomic E-state index is -5.02. The number of amides is 1. The summed E-state index contributed by atoms with van der Waals surface area (Å²) in [6, 6.07) is 26.9. The molecule has 0 spiro atoms. The molecule has 0 aliphatic carbocycles. The van der Waals surface area contributed by atoms with Crippen molar-refractivity contribution in [1.29, 1.82) is 0 Å². The first kappa shape index (κ1) is 45.3. The highest BCUT2D eigenvalue weighted by Crippen LogP contribution is 2.44. The third-order valence-electron chi connectivity index (χ3n) is 9.97. The number of aliphatic hydroxyl groups excluding tert-OH is 1. The molecule has 19 nitrogen and oxygen atoms in total. The second-order valence-electron chi connectivity index (χ2n) is 14.2. The lowest BCUT2D eigenvalue weighted by molar-refractivity contribution is 0.190. The van der Waals surface area contributed by atoms with Crippen molar-refractivity contribution in [3.05, 3.63) is 120 Å². The zero-order valence-corrected chi connectivity index (χ0v) is 37.0. The van der Waals surface area contributed by atoms with Gasteiger partial charge in [0.05, 0.1) is 56.3 Å². The molecule has 6 N–H and O–H groups in total. The van der Waals surface area contributed by atoms with Crippen molar-refractivity contribution in [2.24, 2.45) is 0 Å². The molecule has 1 atom stereocenters. The van der Waals surface area contributed by atoms with Gasteiger partial charge in [0.2, 0.25) is 25.9 Å². The maximum atomic E-state index is 15.9. The van der Waals surface area contributed by atoms with E-state index in [1.54, 1.807) is 98.1 Å². The number of hydrogen-bond donors (Lipinski definition) is 5. The van der Waals surface area contributed by atoms with Crippen molar-refractivity contribution in [2.75, 3.05) is 40.2 Å². The number of para-hydroxylation sites is 1. The fraction of sp³-hybridized carbons (Fsp3) is 0.214. The topological polar surface area (TPSA) is 263 Å². The molecule has 0 aliphatic heterocycles. The molecule has 0 unspecified atom stereocenters. The van der Waals surface area contributed by atoms with Crippen molar-refractivity contribution < 1.29 is 46.1 Å². The highest BCUT2D eigenvalue weighted by atomic mass is 32.2. The zero-order valence-electron chi connectivity index (χ0n) is 34.6. The molecule has 0 radical (unpaired) electrons. The second-order valence-corrected chi connectivity index (χ2v) is 18.8. The summed E-state index contributed by atoms with van der Waals surface area (Å²) in [4.78, 5) is 15.7. The number of ether oxygens (including phenoxy) is 3. The van der Waals surface area contributed by atoms with Gasteiger partial charge in [-0.3, -0.25) is 0 Å². The third-order valence-corrected chi connectivity index (χ3v) is 14.4. The van der Waals surface area contributed by atoms with E-state index in [2.05, 4.69) is 30.4 Å². The molecule has 0 saturated carbocycles. The molecule has 0 saturated heterocycles. The molecule has 0 aliphatic rings. The summed E-state index contributed by atoms with van der Waals surface area (Å²) in [6.07, 6.45) is -1.47. The number of tetrazole rings is 1. The lowest BCUT2D eigenvalue weighted by Gasteiger charge is -2.27. The summed E-state index contributed by atoms with van der Waals surface area (Å²) in [7, 11) is -5.43. The molecule has 0 bridgehead atoms. The SMILES string of the molecule is COc1ccc(CN(Cc2ccc(OC)cc2)S(=O)(=O)c2c(S(=O)(=O)N[C@H](CO)CNC(=O)O)ccc(-c3cccc4sc(N)nc34)c2-c2nnn(Cc3ccc(OC)cc3)n2)cc1. The Kier molecular flexibility index (Phi) is 13.7. The second kappa shape index (κ2) is 19.4. The molecular weight excluding hydrogens is 887 g/mol. The number of nitrogens with one attached hydrogen (secondary N) is 2. The predicted molar refractivity (Wildman–Crippen MR) is 238 cm³/mol. The van der Waals surface area contributed by atoms with Gasteiger partial charge in [-0.15, -0.1) is 10.2 Å². The maximum Gasteiger partial charge on any atom is 0.404 e. The van der Waals surface area contributed by atoms with Gasteiger partial charge in [-0.05, 0) is 76.0 Å². The third kappa shape index (κ3) is 10.1. The number of thiazole rings is 1. The molecule has 0 fully saturated rings. The van der Waals surface area contributed by atoms with Gasteiger partial charge in [0, 0.05) is 25.2 Å². The fourth-order valence-corrected chi connectivity index (χ4v) is 11.2. The zero-order chi connectivity index (χ0) is 45.6. The normalized spacial score (nSPS) is 12.3. The van der Waals surface area contributed by atoms with Gasteiger partial charge in [-0.1, -0.05) is 65.9 Å². The molecular formula is C42H43N9O10S3. The predicted octanol–water partition coefficient (Wildman–Crippen LogP) is 4.57. The molecule has 334 valence electrons. The molecule has 7 aromatic rings. The first-order valence-electron chi connectivity index (χ1n) is 19.3. The van der Waals surface area contributed by atoms with E-state index in [1.165, 1.54) is 36.4 Å². The van der Waals surface area contributed by atoms with E-state index < -0.39 is 55.1 Å². The fourth-order valence-electron chi connectivity index (χ4n) is 6.83. The van der Waals surface area contributed by atoms with Gasteiger partial charge in [0.1, 0.15) is 27.0 Å². The minimum absolute atomic E-state index is 0.0853. The van der Waals surface area contributed by atoms with Crippen LogP contribution in [0.15, 0.2) is 113 Å². The van der Waals surface area contributed by atoms with E-state index in [9.17, 15) is 23.4 Å². The van der Waals surface area contributed by atoms with Gasteiger partial charge >= 0.3 is 6.09 Å². The molecule has 2 aromatic heterocycles. The number of nitrogens with zero attached hydrogens (tertiary/aromatic N) is 6. The number of carboxylic acid groups (broad SMARTS) is 1. The van der Waals surface area contributed by atoms with Gasteiger partial charge in [0.15, 0.2) is 5.13 Å². The average Bonchev–Trinajstić information content (AvgIpc) is 3.93. The average molecular weight is 930 g/mol. The van der Waals surface area contributed by atoms with E-state index >= 15 is 8.42 Å². The number of aliphatic hydroxyl groups is 1. The van der Waals surface area contributed by atoms with Crippen molar-refractivity contribution in [2.45, 2.75) is 35.5 Å². The number of rotatable bonds is 19. The van der Waals surface area contributed by atoms with Crippen LogP contribution < -0.4 is 30.0 Å². The largest absolute Gasteiger partial charge is 0.497 e. The summed E-state index contributed by atoms with van der Waals surface area (Å²) in [5, 5.41) is 35.0. The van der Waals surface area contributed by atoms with E-state index in [1.807, 2.05) is 0 Å². The van der Waals surface area contributed by atoms with Crippen LogP contribution in [0, 0.1) is 0 Å². The quantitative estimate of drug-likeness (QED) is 0.0744. The molecule has 22 heteroatoms. The van der Waals surface area contributed by atoms with E-state index in [0.29, 0.717) is 44.2 Å². The number of aromatic nitrogens is 5. The number of sulfonamides is 2. The standard InChI is InChI=1S/C42H43N9O10S3/c1-59-30-13-7-26(8-14-30)22-50(23-27-9-15-31(60-2)16-10-27)64(57,58)39-36(63(55,56)48-29(25-52)21-44-42(53)54)20-19-33(34-5-4-6-35-38(34)45-41(43)62-35)37(39)40-46-49-51(47-40)24-28-11-17-32(61-3)18-12-28/h4-20,29,44,48,52H,21-25H2,1-3H3,(H2,43,45)(H,53,54)/t29-/m0/s1. The van der Waals surface area contributed by atoms with Gasteiger partial charge in [0.25, 0.3) is 0 Å². The Morgan fingerprint density at radius 1 is 0.812 bits per heavy atom. The number of methoxy groups -OCH3 is 3. The van der Waals surface area contributed by atoms with Gasteiger partial charge in [-0.25, -0.2) is 31.3 Å². The number of nitrogen functional groups attached to an aromatic ring is 1. The van der Waals surface area contributed by atoms with Crippen LogP contribution in [0.2, 0.25) is 0 Å². The highest BCUT2D eigenvalue weighted by molar-refractivity contribution is 7.92. The van der Waals surface area contributed by atoms with Crippen molar-refractivity contribution in [3.8, 4) is 39.8 Å². The Morgan fingerprint density at radius 2 is 1.39 bits per heavy atom. The van der Waals surface area contributed by atoms with Crippen LogP contribution in [0.1, 0.15) is 16.7 Å². The number of benzene rings is 5. The van der Waals surface area contributed by atoms with Crippen molar-refractivity contribution in [1.82, 2.24) is 39.5 Å². The lowest BCUT2D eigenvalue weighted by atomic mass is 9.98. The summed E-state index contributed by atoms with van der Waals surface area (Å²) in [5.74, 6) is 1.42. The molecule has 2 heterocycles. The van der Waals surface area contributed by atoms with Crippen LogP contribution in [0.3, 0.4) is 0 Å². The molecule has 1 amide bonds. The van der Waals surface area contributed by atoms with Crippen LogP contribution in [0.4, 0.5) is 9.93 Å². The molecule has 7 rings (SSSR count). The summed E-state index contributed by atoms with van der Waals surface area (Å²) in [5.41, 5.74) is 8.73. The van der Waals surface area contributed by atoms with E-state index in [0.717, 1.165) is 15.9 Å². The number of anilines is 1. The van der Waals surface area contributed by atoms with Crippen molar-refractivity contribution >= 4 is 52.8 Å². The van der Waals surface area contributed by atoms with Crippen molar-refractivity contribution in [3.63, 3.8) is 0 Å². The summed E-state index contributed by atoms with van der Waals surface area (Å²) in [6.45, 7) is -1.82. The van der Waals surface area contributed by atoms with E-state index in [-0.39, 0.29) is 41.7 Å².